The summed E-state index contributed by atoms with van der Waals surface area (Å²) in [5.41, 5.74) is 22.4. The zero-order valence-electron chi connectivity index (χ0n) is 73.8. The summed E-state index contributed by atoms with van der Waals surface area (Å²) in [6.07, 6.45) is 7.71. The number of carbonyl (C=O) groups is 4. The normalized spacial score (nSPS) is 13.8. The molecule has 668 valence electrons. The van der Waals surface area contributed by atoms with E-state index in [0.29, 0.717) is 105 Å². The average Bonchev–Trinajstić information content (AvgIpc) is 1.79. The number of aromatic amines is 2. The molecule has 3 unspecified atom stereocenters. The zero-order chi connectivity index (χ0) is 92.4. The van der Waals surface area contributed by atoms with Crippen LogP contribution in [-0.4, -0.2) is 131 Å². The van der Waals surface area contributed by atoms with E-state index in [9.17, 15) is 39.6 Å². The number of aliphatic hydroxyl groups is 4. The van der Waals surface area contributed by atoms with Gasteiger partial charge in [0.1, 0.15) is 60.3 Å². The van der Waals surface area contributed by atoms with Crippen molar-refractivity contribution in [1.82, 2.24) is 25.4 Å². The molecule has 12 N–H and O–H groups in total. The van der Waals surface area contributed by atoms with Crippen LogP contribution in [0.15, 0.2) is 374 Å². The number of anilines is 6. The third-order valence-electron chi connectivity index (χ3n) is 22.7. The number of para-hydroxylation sites is 3. The number of nitrogens with one attached hydrogen (secondary N) is 8. The molecule has 27 nitrogen and oxygen atoms in total. The Labute approximate surface area is 769 Å². The van der Waals surface area contributed by atoms with Crippen LogP contribution in [0.2, 0.25) is 0 Å². The first kappa shape index (κ1) is 91.7. The Balaban J connectivity index is 0.000000136. The van der Waals surface area contributed by atoms with E-state index in [2.05, 4.69) is 131 Å². The topological polar surface area (TPSA) is 391 Å². The first-order valence-corrected chi connectivity index (χ1v) is 43.8. The van der Waals surface area contributed by atoms with Gasteiger partial charge in [0.15, 0.2) is 5.78 Å². The number of aliphatic imine (C=N–C) groups is 2. The maximum Gasteiger partial charge on any atom is 0.274 e. The van der Waals surface area contributed by atoms with E-state index in [0.717, 1.165) is 123 Å². The molecule has 4 aliphatic heterocycles. The molecule has 4 atom stereocenters. The standard InChI is InChI=1S/C28H24N4O2.2C27H24N6O2.C24H29N3O2/c33-27(20-8-2-1-3-9-20)24-11-5-4-7-19(24)12-13-22-18-30-32-26(22)28(34)31-23-14-15-25-21(17-23)10-6-16-29-25;2*34-26(18-7-2-1-3-8-18)22-11-4-5-12-23(22)29-16-20-13-14-28-25(20)27(35)31-21-10-6-9-19(15-21)24-17-30-33-32-24;1-5-21(28)22-17(15-26-27-22)14-25-20-12-7-6-11-19(20)23(29)16-9-8-10-18(13-16)24(2,3)4/h1-11,14-18,27,33H,12-13H2,(H,30,32)(H,31,34);2*1-13,15,26,29,34H,14,16-17H2,(H,31,35);6-13,15,23,25,29H,5,14H2,1-4H3,(H,26,27)/t;26-;;/m.1../s1. The molecule has 18 rings (SSSR count). The minimum absolute atomic E-state index is 0.0109. The van der Waals surface area contributed by atoms with Gasteiger partial charge in [0.2, 0.25) is 0 Å². The van der Waals surface area contributed by atoms with Crippen LogP contribution in [0.5, 0.6) is 0 Å². The van der Waals surface area contributed by atoms with Crippen LogP contribution in [0, 0.1) is 0 Å². The van der Waals surface area contributed by atoms with Crippen molar-refractivity contribution in [3.63, 3.8) is 0 Å². The summed E-state index contributed by atoms with van der Waals surface area (Å²) in [5, 5.41) is 101. The third kappa shape index (κ3) is 23.7. The molecule has 7 heterocycles. The van der Waals surface area contributed by atoms with Crippen molar-refractivity contribution in [2.24, 2.45) is 40.9 Å². The van der Waals surface area contributed by atoms with E-state index in [4.69, 9.17) is 0 Å². The van der Waals surface area contributed by atoms with Crippen molar-refractivity contribution in [2.75, 3.05) is 71.2 Å². The van der Waals surface area contributed by atoms with Crippen molar-refractivity contribution >= 4 is 91.4 Å². The molecule has 0 aliphatic carbocycles. The van der Waals surface area contributed by atoms with Crippen molar-refractivity contribution in [2.45, 2.75) is 83.3 Å². The summed E-state index contributed by atoms with van der Waals surface area (Å²) in [4.78, 5) is 64.1. The second-order valence-electron chi connectivity index (χ2n) is 32.7. The summed E-state index contributed by atoms with van der Waals surface area (Å²) in [6.45, 7) is 11.3. The van der Waals surface area contributed by atoms with Gasteiger partial charge < -0.3 is 52.3 Å². The predicted octanol–water partition coefficient (Wildman–Crippen LogP) is 18.8. The largest absolute Gasteiger partial charge is 0.384 e. The lowest BCUT2D eigenvalue weighted by Gasteiger charge is -2.22. The van der Waals surface area contributed by atoms with Crippen molar-refractivity contribution < 1.29 is 39.6 Å². The van der Waals surface area contributed by atoms with E-state index in [-0.39, 0.29) is 28.9 Å². The molecule has 0 saturated heterocycles. The number of pyridine rings is 1. The summed E-state index contributed by atoms with van der Waals surface area (Å²) >= 11 is 0. The van der Waals surface area contributed by atoms with Crippen LogP contribution < -0.4 is 31.9 Å². The fourth-order valence-corrected chi connectivity index (χ4v) is 15.6. The van der Waals surface area contributed by atoms with Gasteiger partial charge in [0.05, 0.1) is 42.4 Å². The first-order valence-electron chi connectivity index (χ1n) is 43.8. The third-order valence-corrected chi connectivity index (χ3v) is 22.7. The molecule has 0 fully saturated rings. The number of rotatable bonds is 30. The summed E-state index contributed by atoms with van der Waals surface area (Å²) in [6, 6.07) is 91.9. The average molecular weight is 1770 g/mol. The SMILES string of the molecule is CCC(=O)c1[nH]ncc1CNc1ccccc1C(O)c1cccc(C(C)(C)C)c1.O=C(Nc1ccc2ncccc2c1)c1[nH]ncc1CCc1ccccc1C(O)c1ccccc1.O=C(Nc1cccc(C2=NN=NC2)c1)C1=NCC=C1CNc1ccccc1C(O)c1ccccc1.O=C(Nc1cccc(C2=NN=NC2)c1)C1=NCC=C1CNc1ccccc1[C@H](O)c1ccccc1. The number of nitrogens with zero attached hydrogens (tertiary/aromatic N) is 11. The monoisotopic (exact) mass is 1770 g/mol. The predicted molar refractivity (Wildman–Crippen MR) is 523 cm³/mol. The lowest BCUT2D eigenvalue weighted by molar-refractivity contribution is -0.111. The molecule has 0 spiro atoms. The first-order chi connectivity index (χ1) is 64.9. The Morgan fingerprint density at radius 1 is 0.406 bits per heavy atom. The number of fused-ring (bicyclic) bond motifs is 1. The Bertz CT molecular complexity index is 6520. The number of aryl methyl sites for hydroxylation is 2. The highest BCUT2D eigenvalue weighted by molar-refractivity contribution is 6.50. The molecule has 0 bridgehead atoms. The fourth-order valence-electron chi connectivity index (χ4n) is 15.6. The molecule has 3 aromatic heterocycles. The number of aliphatic hydroxyl groups excluding tert-OH is 4. The molecule has 0 radical (unpaired) electrons. The molecule has 133 heavy (non-hydrogen) atoms. The van der Waals surface area contributed by atoms with Crippen LogP contribution >= 0.6 is 0 Å². The number of H-pyrrole nitrogens is 2. The van der Waals surface area contributed by atoms with Crippen molar-refractivity contribution in [3.05, 3.63) is 422 Å². The molecular formula is C106H101N19O8. The number of hydrogen-bond acceptors (Lipinski definition) is 22. The van der Waals surface area contributed by atoms with E-state index >= 15 is 0 Å². The van der Waals surface area contributed by atoms with Gasteiger partial charge in [-0.15, -0.1) is 10.2 Å². The molecule has 11 aromatic carbocycles. The second-order valence-corrected chi connectivity index (χ2v) is 32.7. The number of Topliss-reactive ketones (excluding diaryl/α,β-unsaturated/α-hetero) is 1. The van der Waals surface area contributed by atoms with Gasteiger partial charge in [-0.25, -0.2) is 0 Å². The smallest absolute Gasteiger partial charge is 0.274 e. The molecular weight excluding hydrogens is 1670 g/mol. The molecule has 14 aromatic rings. The van der Waals surface area contributed by atoms with Crippen LogP contribution in [0.25, 0.3) is 10.9 Å². The van der Waals surface area contributed by atoms with Gasteiger partial charge >= 0.3 is 0 Å². The van der Waals surface area contributed by atoms with Gasteiger partial charge in [0.25, 0.3) is 17.7 Å². The number of aromatic nitrogens is 5. The van der Waals surface area contributed by atoms with E-state index in [1.165, 1.54) is 5.56 Å². The quantitative estimate of drug-likeness (QED) is 0.0186. The van der Waals surface area contributed by atoms with Crippen molar-refractivity contribution in [3.8, 4) is 0 Å². The number of hydrogen-bond donors (Lipinski definition) is 12. The van der Waals surface area contributed by atoms with Gasteiger partial charge in [-0.1, -0.05) is 264 Å². The lowest BCUT2D eigenvalue weighted by Crippen LogP contribution is -2.26. The Kier molecular flexibility index (Phi) is 30.5. The summed E-state index contributed by atoms with van der Waals surface area (Å²) < 4.78 is 0. The lowest BCUT2D eigenvalue weighted by atomic mass is 9.85. The number of carbonyl (C=O) groups excluding carboxylic acids is 4. The number of ketones is 1. The molecule has 3 amide bonds. The van der Waals surface area contributed by atoms with Gasteiger partial charge in [-0.05, 0) is 146 Å². The molecule has 0 saturated carbocycles. The molecule has 27 heteroatoms. The highest BCUT2D eigenvalue weighted by Crippen LogP contribution is 2.36. The number of benzene rings is 11. The van der Waals surface area contributed by atoms with Gasteiger partial charge in [0, 0.05) is 111 Å². The highest BCUT2D eigenvalue weighted by atomic mass is 16.3. The summed E-state index contributed by atoms with van der Waals surface area (Å²) in [7, 11) is 0. The van der Waals surface area contributed by atoms with Crippen LogP contribution in [0.4, 0.5) is 34.1 Å². The summed E-state index contributed by atoms with van der Waals surface area (Å²) in [5.74, 6) is -0.749. The second kappa shape index (κ2) is 44.3. The van der Waals surface area contributed by atoms with Crippen LogP contribution in [0.1, 0.15) is 157 Å². The van der Waals surface area contributed by atoms with E-state index < -0.39 is 24.4 Å². The van der Waals surface area contributed by atoms with Gasteiger partial charge in [-0.2, -0.15) is 20.4 Å². The minimum Gasteiger partial charge on any atom is -0.384 e. The number of amides is 3. The minimum atomic E-state index is -0.758. The Hall–Kier alpha value is -16.1. The highest BCUT2D eigenvalue weighted by Gasteiger charge is 2.27. The molecule has 4 aliphatic rings. The fraction of sp³-hybridized carbons (Fsp3) is 0.179. The van der Waals surface area contributed by atoms with E-state index in [1.54, 1.807) is 18.6 Å². The maximum atomic E-state index is 13.0. The van der Waals surface area contributed by atoms with Crippen LogP contribution in [-0.2, 0) is 34.4 Å². The van der Waals surface area contributed by atoms with Crippen molar-refractivity contribution in [1.29, 1.82) is 0 Å². The Morgan fingerprint density at radius 2 is 0.842 bits per heavy atom. The van der Waals surface area contributed by atoms with Crippen LogP contribution in [0.3, 0.4) is 0 Å². The Morgan fingerprint density at radius 3 is 1.35 bits per heavy atom. The zero-order valence-corrected chi connectivity index (χ0v) is 73.8. The van der Waals surface area contributed by atoms with E-state index in [1.807, 2.05) is 298 Å². The maximum absolute atomic E-state index is 13.0. The van der Waals surface area contributed by atoms with Gasteiger partial charge in [-0.3, -0.25) is 44.3 Å².